The lowest BCUT2D eigenvalue weighted by molar-refractivity contribution is -0.125. The molecule has 0 bridgehead atoms. The Kier molecular flexibility index (Phi) is 4.61. The van der Waals surface area contributed by atoms with E-state index in [1.54, 1.807) is 6.92 Å². The Hall–Kier alpha value is -1.49. The largest absolute Gasteiger partial charge is 0.339 e. The average molecular weight is 351 g/mol. The van der Waals surface area contributed by atoms with Crippen molar-refractivity contribution in [1.82, 2.24) is 10.1 Å². The molecule has 2 rings (SSSR count). The first-order valence-electron chi connectivity index (χ1n) is 6.90. The molecule has 1 heterocycles. The van der Waals surface area contributed by atoms with Crippen LogP contribution >= 0.6 is 15.9 Å². The van der Waals surface area contributed by atoms with E-state index in [9.17, 15) is 4.79 Å². The molecule has 0 aliphatic carbocycles. The first-order valence-corrected chi connectivity index (χ1v) is 7.69. The molecule has 1 aromatic carbocycles. The minimum absolute atomic E-state index is 0.172. The van der Waals surface area contributed by atoms with Crippen molar-refractivity contribution in [3.8, 4) is 11.4 Å². The highest BCUT2D eigenvalue weighted by Gasteiger charge is 2.24. The fourth-order valence-electron chi connectivity index (χ4n) is 1.85. The van der Waals surface area contributed by atoms with Gasteiger partial charge in [-0.25, -0.2) is 0 Å². The van der Waals surface area contributed by atoms with Gasteiger partial charge in [0.2, 0.25) is 11.7 Å². The van der Waals surface area contributed by atoms with Crippen molar-refractivity contribution < 1.29 is 9.32 Å². The lowest BCUT2D eigenvalue weighted by atomic mass is 9.84. The van der Waals surface area contributed by atoms with Gasteiger partial charge in [-0.3, -0.25) is 4.79 Å². The number of carbonyl (C=O) groups excluding carboxylic acids is 1. The molecule has 0 unspecified atom stereocenters. The quantitative estimate of drug-likeness (QED) is 0.803. The molecule has 0 fully saturated rings. The Morgan fingerprint density at radius 3 is 2.71 bits per heavy atom. The Balaban J connectivity index is 2.11. The summed E-state index contributed by atoms with van der Waals surface area (Å²) in [6, 6.07) is 5.93. The zero-order valence-corrected chi connectivity index (χ0v) is 14.3. The molecule has 0 spiro atoms. The van der Waals surface area contributed by atoms with Crippen molar-refractivity contribution in [3.63, 3.8) is 0 Å². The van der Waals surface area contributed by atoms with E-state index < -0.39 is 0 Å². The predicted octanol–water partition coefficient (Wildman–Crippen LogP) is 4.36. The number of hydrogen-bond acceptors (Lipinski definition) is 4. The highest BCUT2D eigenvalue weighted by molar-refractivity contribution is 9.10. The molecule has 0 saturated carbocycles. The minimum Gasteiger partial charge on any atom is -0.339 e. The van der Waals surface area contributed by atoms with Crippen molar-refractivity contribution in [2.45, 2.75) is 40.5 Å². The highest BCUT2D eigenvalue weighted by atomic mass is 79.9. The molecule has 0 aliphatic heterocycles. The fraction of sp³-hybridized carbons (Fsp3) is 0.438. The Labute approximate surface area is 133 Å². The number of carbonyl (C=O) groups is 1. The zero-order chi connectivity index (χ0) is 15.6. The zero-order valence-electron chi connectivity index (χ0n) is 12.7. The summed E-state index contributed by atoms with van der Waals surface area (Å²) in [6.07, 6.45) is 1.30. The third kappa shape index (κ3) is 3.79. The number of halogens is 1. The van der Waals surface area contributed by atoms with Crippen LogP contribution in [0.15, 0.2) is 27.2 Å². The maximum absolute atomic E-state index is 11.5. The second-order valence-corrected chi connectivity index (χ2v) is 6.77. The van der Waals surface area contributed by atoms with Crippen LogP contribution in [0.1, 0.15) is 38.6 Å². The second-order valence-electron chi connectivity index (χ2n) is 5.92. The van der Waals surface area contributed by atoms with Gasteiger partial charge in [0.15, 0.2) is 0 Å². The average Bonchev–Trinajstić information content (AvgIpc) is 2.88. The molecule has 5 heteroatoms. The van der Waals surface area contributed by atoms with Crippen LogP contribution in [0.25, 0.3) is 11.4 Å². The highest BCUT2D eigenvalue weighted by Crippen LogP contribution is 2.26. The Morgan fingerprint density at radius 1 is 1.38 bits per heavy atom. The van der Waals surface area contributed by atoms with Gasteiger partial charge in [-0.05, 0) is 44.0 Å². The maximum Gasteiger partial charge on any atom is 0.226 e. The van der Waals surface area contributed by atoms with E-state index in [4.69, 9.17) is 4.52 Å². The lowest BCUT2D eigenvalue weighted by Gasteiger charge is -2.19. The summed E-state index contributed by atoms with van der Waals surface area (Å²) in [5.41, 5.74) is 1.69. The predicted molar refractivity (Wildman–Crippen MR) is 85.0 cm³/mol. The number of hydrogen-bond donors (Lipinski definition) is 0. The van der Waals surface area contributed by atoms with Crippen molar-refractivity contribution in [2.75, 3.05) is 0 Å². The number of Topliss-reactive ketones (excluding diaryl/α,β-unsaturated/α-hetero) is 1. The van der Waals surface area contributed by atoms with E-state index in [0.717, 1.165) is 15.6 Å². The van der Waals surface area contributed by atoms with Crippen molar-refractivity contribution in [3.05, 3.63) is 34.1 Å². The number of benzene rings is 1. The summed E-state index contributed by atoms with van der Waals surface area (Å²) < 4.78 is 6.33. The van der Waals surface area contributed by atoms with E-state index in [0.29, 0.717) is 24.6 Å². The summed E-state index contributed by atoms with van der Waals surface area (Å²) in [7, 11) is 0. The van der Waals surface area contributed by atoms with Crippen molar-refractivity contribution >= 4 is 21.7 Å². The minimum atomic E-state index is -0.358. The standard InChI is InChI=1S/C16H19BrN2O2/c1-10-9-12(5-6-13(10)17)15-18-14(21-19-15)7-8-16(3,4)11(2)20/h5-6,9H,7-8H2,1-4H3. The van der Waals surface area contributed by atoms with E-state index in [2.05, 4.69) is 26.1 Å². The lowest BCUT2D eigenvalue weighted by Crippen LogP contribution is -2.21. The van der Waals surface area contributed by atoms with Gasteiger partial charge in [0, 0.05) is 21.9 Å². The molecule has 0 radical (unpaired) electrons. The van der Waals surface area contributed by atoms with Crippen molar-refractivity contribution in [1.29, 1.82) is 0 Å². The number of ketones is 1. The van der Waals surface area contributed by atoms with E-state index in [1.165, 1.54) is 0 Å². The normalized spacial score (nSPS) is 11.7. The molecule has 0 atom stereocenters. The van der Waals surface area contributed by atoms with E-state index in [1.807, 2.05) is 39.0 Å². The number of aryl methyl sites for hydroxylation is 2. The van der Waals surface area contributed by atoms with Crippen molar-refractivity contribution in [2.24, 2.45) is 5.41 Å². The van der Waals surface area contributed by atoms with Crippen LogP contribution in [-0.4, -0.2) is 15.9 Å². The smallest absolute Gasteiger partial charge is 0.226 e. The molecule has 0 aliphatic rings. The summed E-state index contributed by atoms with van der Waals surface area (Å²) >= 11 is 3.47. The van der Waals surface area contributed by atoms with Gasteiger partial charge < -0.3 is 4.52 Å². The molecule has 112 valence electrons. The first kappa shape index (κ1) is 15.9. The number of rotatable bonds is 5. The second kappa shape index (κ2) is 6.10. The van der Waals surface area contributed by atoms with Crippen LogP contribution in [0, 0.1) is 12.3 Å². The summed E-state index contributed by atoms with van der Waals surface area (Å²) in [5.74, 6) is 1.33. The summed E-state index contributed by atoms with van der Waals surface area (Å²) in [6.45, 7) is 7.50. The molecule has 0 amide bonds. The van der Waals surface area contributed by atoms with Crippen LogP contribution in [0.3, 0.4) is 0 Å². The fourth-order valence-corrected chi connectivity index (χ4v) is 2.10. The Bertz CT molecular complexity index is 662. The molecule has 21 heavy (non-hydrogen) atoms. The summed E-state index contributed by atoms with van der Waals surface area (Å²) in [4.78, 5) is 15.9. The van der Waals surface area contributed by atoms with E-state index in [-0.39, 0.29) is 11.2 Å². The first-order chi connectivity index (χ1) is 9.79. The van der Waals surface area contributed by atoms with Crippen LogP contribution < -0.4 is 0 Å². The van der Waals surface area contributed by atoms with Crippen LogP contribution in [0.2, 0.25) is 0 Å². The SMILES string of the molecule is CC(=O)C(C)(C)CCc1nc(-c2ccc(Br)c(C)c2)no1. The van der Waals surface area contributed by atoms with Crippen LogP contribution in [-0.2, 0) is 11.2 Å². The molecular weight excluding hydrogens is 332 g/mol. The maximum atomic E-state index is 11.5. The number of aromatic nitrogens is 2. The van der Waals surface area contributed by atoms with Crippen LogP contribution in [0.5, 0.6) is 0 Å². The van der Waals surface area contributed by atoms with Gasteiger partial charge in [0.1, 0.15) is 5.78 Å². The molecule has 2 aromatic rings. The molecule has 1 aromatic heterocycles. The molecular formula is C16H19BrN2O2. The van der Waals surface area contributed by atoms with Gasteiger partial charge in [-0.1, -0.05) is 34.9 Å². The monoisotopic (exact) mass is 350 g/mol. The van der Waals surface area contributed by atoms with Crippen LogP contribution in [0.4, 0.5) is 0 Å². The van der Waals surface area contributed by atoms with Gasteiger partial charge in [-0.2, -0.15) is 4.98 Å². The van der Waals surface area contributed by atoms with Gasteiger partial charge in [0.25, 0.3) is 0 Å². The van der Waals surface area contributed by atoms with Gasteiger partial charge in [0.05, 0.1) is 0 Å². The number of nitrogens with zero attached hydrogens (tertiary/aromatic N) is 2. The Morgan fingerprint density at radius 2 is 2.10 bits per heavy atom. The molecule has 0 N–H and O–H groups in total. The van der Waals surface area contributed by atoms with E-state index >= 15 is 0 Å². The molecule has 4 nitrogen and oxygen atoms in total. The van der Waals surface area contributed by atoms with Gasteiger partial charge >= 0.3 is 0 Å². The topological polar surface area (TPSA) is 56.0 Å². The van der Waals surface area contributed by atoms with Gasteiger partial charge in [-0.15, -0.1) is 0 Å². The summed E-state index contributed by atoms with van der Waals surface area (Å²) in [5, 5.41) is 4.02. The third-order valence-electron chi connectivity index (χ3n) is 3.80. The molecule has 0 saturated heterocycles. The third-order valence-corrected chi connectivity index (χ3v) is 4.69.